The van der Waals surface area contributed by atoms with Crippen LogP contribution in [0.1, 0.15) is 303 Å². The lowest BCUT2D eigenvalue weighted by Gasteiger charge is -2.18. The van der Waals surface area contributed by atoms with E-state index in [1.165, 1.54) is 154 Å². The zero-order valence-electron chi connectivity index (χ0n) is 51.6. The van der Waals surface area contributed by atoms with Gasteiger partial charge in [-0.3, -0.25) is 14.4 Å². The van der Waals surface area contributed by atoms with E-state index in [4.69, 9.17) is 14.2 Å². The lowest BCUT2D eigenvalue weighted by molar-refractivity contribution is -0.166. The van der Waals surface area contributed by atoms with Crippen molar-refractivity contribution in [3.63, 3.8) is 0 Å². The Morgan fingerprint density at radius 1 is 0.278 bits per heavy atom. The highest BCUT2D eigenvalue weighted by molar-refractivity contribution is 5.72. The van der Waals surface area contributed by atoms with Crippen molar-refractivity contribution >= 4 is 17.9 Å². The summed E-state index contributed by atoms with van der Waals surface area (Å²) in [6.45, 7) is 6.35. The molecule has 1 unspecified atom stereocenters. The minimum absolute atomic E-state index is 0.114. The van der Waals surface area contributed by atoms with Crippen LogP contribution in [0.5, 0.6) is 0 Å². The molecule has 0 N–H and O–H groups in total. The summed E-state index contributed by atoms with van der Waals surface area (Å²) in [5, 5.41) is 0. The van der Waals surface area contributed by atoms with Crippen molar-refractivity contribution in [2.24, 2.45) is 0 Å². The largest absolute Gasteiger partial charge is 0.462 e. The average Bonchev–Trinajstić information content (AvgIpc) is 3.45. The lowest BCUT2D eigenvalue weighted by atomic mass is 10.0. The summed E-state index contributed by atoms with van der Waals surface area (Å²) in [5.41, 5.74) is 0. The molecule has 0 fully saturated rings. The number of hydrogen-bond donors (Lipinski definition) is 0. The Kier molecular flexibility index (Phi) is 62.8. The zero-order valence-corrected chi connectivity index (χ0v) is 51.6. The molecule has 0 heterocycles. The Bertz CT molecular complexity index is 1640. The van der Waals surface area contributed by atoms with Gasteiger partial charge in [-0.15, -0.1) is 0 Å². The molecule has 0 saturated carbocycles. The monoisotopic (exact) mass is 1090 g/mol. The summed E-state index contributed by atoms with van der Waals surface area (Å²) in [7, 11) is 0. The predicted octanol–water partition coefficient (Wildman–Crippen LogP) is 22.8. The van der Waals surface area contributed by atoms with E-state index < -0.39 is 12.1 Å². The molecule has 0 bridgehead atoms. The van der Waals surface area contributed by atoms with Gasteiger partial charge in [-0.05, 0) is 89.9 Å². The highest BCUT2D eigenvalue weighted by atomic mass is 16.6. The van der Waals surface area contributed by atoms with Gasteiger partial charge in [0.15, 0.2) is 6.10 Å². The van der Waals surface area contributed by atoms with Crippen molar-refractivity contribution < 1.29 is 28.6 Å². The molecular weight excluding hydrogens is 973 g/mol. The van der Waals surface area contributed by atoms with Gasteiger partial charge in [0.05, 0.1) is 6.42 Å². The highest BCUT2D eigenvalue weighted by Crippen LogP contribution is 2.17. The Labute approximate surface area is 488 Å². The molecule has 79 heavy (non-hydrogen) atoms. The van der Waals surface area contributed by atoms with E-state index in [-0.39, 0.29) is 31.6 Å². The van der Waals surface area contributed by atoms with Crippen molar-refractivity contribution in [1.82, 2.24) is 0 Å². The van der Waals surface area contributed by atoms with Gasteiger partial charge in [-0.1, -0.05) is 316 Å². The van der Waals surface area contributed by atoms with Crippen molar-refractivity contribution in [2.45, 2.75) is 309 Å². The van der Waals surface area contributed by atoms with Crippen molar-refractivity contribution in [2.75, 3.05) is 13.2 Å². The molecule has 0 aliphatic carbocycles. The molecule has 0 aromatic carbocycles. The minimum atomic E-state index is -0.826. The molecule has 0 aromatic rings. The molecule has 0 rings (SSSR count). The number of ether oxygens (including phenoxy) is 3. The average molecular weight is 1100 g/mol. The Morgan fingerprint density at radius 3 is 0.886 bits per heavy atom. The Balaban J connectivity index is 4.43. The first-order chi connectivity index (χ1) is 39.0. The van der Waals surface area contributed by atoms with Gasteiger partial charge < -0.3 is 14.2 Å². The predicted molar refractivity (Wildman–Crippen MR) is 343 cm³/mol. The molecule has 6 heteroatoms. The van der Waals surface area contributed by atoms with Crippen LogP contribution in [-0.4, -0.2) is 37.2 Å². The first kappa shape index (κ1) is 74.8. The third kappa shape index (κ3) is 64.5. The van der Waals surface area contributed by atoms with Crippen molar-refractivity contribution in [1.29, 1.82) is 0 Å². The van der Waals surface area contributed by atoms with E-state index in [2.05, 4.69) is 130 Å². The van der Waals surface area contributed by atoms with Crippen molar-refractivity contribution in [3.8, 4) is 0 Å². The van der Waals surface area contributed by atoms with Crippen LogP contribution in [0.3, 0.4) is 0 Å². The van der Waals surface area contributed by atoms with Gasteiger partial charge in [-0.25, -0.2) is 0 Å². The highest BCUT2D eigenvalue weighted by Gasteiger charge is 2.19. The first-order valence-corrected chi connectivity index (χ1v) is 33.0. The van der Waals surface area contributed by atoms with E-state index in [1.54, 1.807) is 6.08 Å². The maximum Gasteiger partial charge on any atom is 0.309 e. The number of esters is 3. The molecule has 6 nitrogen and oxygen atoms in total. The van der Waals surface area contributed by atoms with E-state index in [0.29, 0.717) is 12.8 Å². The summed E-state index contributed by atoms with van der Waals surface area (Å²) in [6.07, 6.45) is 92.4. The second-order valence-electron chi connectivity index (χ2n) is 21.6. The Hall–Kier alpha value is -4.19. The topological polar surface area (TPSA) is 78.9 Å². The number of carbonyl (C=O) groups is 3. The third-order valence-electron chi connectivity index (χ3n) is 14.0. The standard InChI is InChI=1S/C73H122O6/c1-4-7-10-13-16-19-22-25-28-30-32-34-36-38-40-42-45-48-51-54-57-60-63-66-72(75)78-69-70(68-77-71(74)65-62-59-56-53-50-47-44-27-24-21-18-15-12-9-6-3)79-73(76)67-64-61-58-55-52-49-46-43-41-39-37-35-33-31-29-26-23-20-17-14-11-8-5-2/h7,9-10,12,16,18-19,21,25,27-28,32,34,38,40,44,50,53,59,62,70H,4-6,8,11,13-15,17,20,22-24,26,29-31,33,35-37,39,41-43,45-49,51-52,54-58,60-61,63-69H2,1-3H3/b10-7-,12-9-,19-16-,21-18-,28-25-,34-32-,40-38-,44-27-,53-50-,62-59-. The van der Waals surface area contributed by atoms with Gasteiger partial charge >= 0.3 is 17.9 Å². The number of allylic oxidation sites excluding steroid dienone is 19. The fraction of sp³-hybridized carbons (Fsp3) is 0.685. The lowest BCUT2D eigenvalue weighted by Crippen LogP contribution is -2.30. The first-order valence-electron chi connectivity index (χ1n) is 33.0. The van der Waals surface area contributed by atoms with Crippen LogP contribution in [0.25, 0.3) is 0 Å². The molecule has 0 spiro atoms. The molecule has 0 aliphatic rings. The summed E-state index contributed by atoms with van der Waals surface area (Å²) >= 11 is 0. The maximum atomic E-state index is 12.9. The van der Waals surface area contributed by atoms with Gasteiger partial charge in [-0.2, -0.15) is 0 Å². The van der Waals surface area contributed by atoms with Crippen LogP contribution >= 0.6 is 0 Å². The van der Waals surface area contributed by atoms with Gasteiger partial charge in [0, 0.05) is 12.8 Å². The molecule has 0 aliphatic heterocycles. The van der Waals surface area contributed by atoms with Gasteiger partial charge in [0.1, 0.15) is 13.2 Å². The van der Waals surface area contributed by atoms with E-state index in [9.17, 15) is 14.4 Å². The molecule has 0 aromatic heterocycles. The number of hydrogen-bond acceptors (Lipinski definition) is 6. The van der Waals surface area contributed by atoms with Crippen LogP contribution < -0.4 is 0 Å². The molecule has 0 saturated heterocycles. The van der Waals surface area contributed by atoms with E-state index in [1.807, 2.05) is 6.08 Å². The zero-order chi connectivity index (χ0) is 57.1. The summed E-state index contributed by atoms with van der Waals surface area (Å²) in [6, 6.07) is 0. The fourth-order valence-electron chi connectivity index (χ4n) is 9.13. The second kappa shape index (κ2) is 66.3. The fourth-order valence-corrected chi connectivity index (χ4v) is 9.13. The third-order valence-corrected chi connectivity index (χ3v) is 14.0. The van der Waals surface area contributed by atoms with Crippen LogP contribution in [0.2, 0.25) is 0 Å². The SMILES string of the molecule is CC/C=C\C/C=C\C/C=C\C/C=C\C/C=C\CCCCCCCCCC(=O)OCC(COC(=O)C/C=C\C/C=C\C/C=C\C/C=C\C/C=C\CC)OC(=O)CCCCCCCCCCCCCCCCCCCCCCCCC. The summed E-state index contributed by atoms with van der Waals surface area (Å²) in [4.78, 5) is 38.3. The molecule has 1 atom stereocenters. The number of unbranched alkanes of at least 4 members (excludes halogenated alkanes) is 29. The second-order valence-corrected chi connectivity index (χ2v) is 21.6. The van der Waals surface area contributed by atoms with Crippen LogP contribution in [0.4, 0.5) is 0 Å². The smallest absolute Gasteiger partial charge is 0.309 e. The normalized spacial score (nSPS) is 12.9. The number of rotatable bonds is 59. The van der Waals surface area contributed by atoms with Gasteiger partial charge in [0.2, 0.25) is 0 Å². The Morgan fingerprint density at radius 2 is 0.544 bits per heavy atom. The van der Waals surface area contributed by atoms with Gasteiger partial charge in [0.25, 0.3) is 0 Å². The van der Waals surface area contributed by atoms with Crippen LogP contribution in [-0.2, 0) is 28.6 Å². The quantitative estimate of drug-likeness (QED) is 0.0261. The van der Waals surface area contributed by atoms with E-state index >= 15 is 0 Å². The molecule has 0 amide bonds. The molecule has 0 radical (unpaired) electrons. The number of carbonyl (C=O) groups excluding carboxylic acids is 3. The van der Waals surface area contributed by atoms with Crippen molar-refractivity contribution in [3.05, 3.63) is 122 Å². The summed E-state index contributed by atoms with van der Waals surface area (Å²) in [5.74, 6) is -1.05. The minimum Gasteiger partial charge on any atom is -0.462 e. The maximum absolute atomic E-state index is 12.9. The molecular formula is C73H122O6. The molecule has 450 valence electrons. The van der Waals surface area contributed by atoms with Crippen LogP contribution in [0.15, 0.2) is 122 Å². The summed E-state index contributed by atoms with van der Waals surface area (Å²) < 4.78 is 16.8. The van der Waals surface area contributed by atoms with Crippen LogP contribution in [0, 0.1) is 0 Å². The van der Waals surface area contributed by atoms with E-state index in [0.717, 1.165) is 109 Å².